The summed E-state index contributed by atoms with van der Waals surface area (Å²) in [5, 5.41) is 25.7. The zero-order valence-electron chi connectivity index (χ0n) is 23.9. The molecule has 4 aromatic rings. The SMILES string of the molecule is NC(Cc1c[nH]c2ccccc12)C(=O)NC(Cc1ccc(O)cc1)C(=O)N1CCCC1C(=O)NC(Cc1cnc[nH]1)C(=O)O. The molecule has 5 rings (SSSR count). The molecule has 8 N–H and O–H groups in total. The molecule has 1 aliphatic rings. The summed E-state index contributed by atoms with van der Waals surface area (Å²) in [6, 6.07) is 9.78. The molecule has 1 fully saturated rings. The van der Waals surface area contributed by atoms with Gasteiger partial charge in [-0.1, -0.05) is 30.3 Å². The van der Waals surface area contributed by atoms with E-state index in [9.17, 15) is 29.4 Å². The van der Waals surface area contributed by atoms with E-state index in [0.717, 1.165) is 16.5 Å². The third-order valence-corrected chi connectivity index (χ3v) is 7.87. The van der Waals surface area contributed by atoms with Gasteiger partial charge in [-0.25, -0.2) is 9.78 Å². The molecule has 230 valence electrons. The number of phenols is 1. The van der Waals surface area contributed by atoms with Crippen molar-refractivity contribution in [3.63, 3.8) is 0 Å². The summed E-state index contributed by atoms with van der Waals surface area (Å²) in [6.45, 7) is 0.262. The van der Waals surface area contributed by atoms with Crippen LogP contribution in [0.4, 0.5) is 0 Å². The first-order valence-corrected chi connectivity index (χ1v) is 14.4. The fourth-order valence-electron chi connectivity index (χ4n) is 5.56. The van der Waals surface area contributed by atoms with Crippen LogP contribution in [0.2, 0.25) is 0 Å². The van der Waals surface area contributed by atoms with E-state index in [4.69, 9.17) is 5.73 Å². The highest BCUT2D eigenvalue weighted by atomic mass is 16.4. The molecule has 0 radical (unpaired) electrons. The van der Waals surface area contributed by atoms with E-state index in [1.807, 2.05) is 24.3 Å². The van der Waals surface area contributed by atoms with Crippen molar-refractivity contribution in [2.45, 2.75) is 56.3 Å². The van der Waals surface area contributed by atoms with Gasteiger partial charge in [-0.2, -0.15) is 0 Å². The van der Waals surface area contributed by atoms with Crippen LogP contribution in [0.25, 0.3) is 10.9 Å². The minimum absolute atomic E-state index is 0.00437. The monoisotopic (exact) mass is 601 g/mol. The lowest BCUT2D eigenvalue weighted by Gasteiger charge is -2.30. The Morgan fingerprint density at radius 1 is 1.00 bits per heavy atom. The molecule has 44 heavy (non-hydrogen) atoms. The van der Waals surface area contributed by atoms with Crippen LogP contribution in [0.15, 0.2) is 67.3 Å². The van der Waals surface area contributed by atoms with Crippen LogP contribution in [-0.4, -0.2) is 84.5 Å². The van der Waals surface area contributed by atoms with Gasteiger partial charge in [0.1, 0.15) is 23.9 Å². The van der Waals surface area contributed by atoms with Crippen molar-refractivity contribution in [1.29, 1.82) is 0 Å². The Balaban J connectivity index is 1.31. The molecule has 1 saturated heterocycles. The zero-order valence-corrected chi connectivity index (χ0v) is 23.9. The minimum atomic E-state index is -1.23. The average molecular weight is 602 g/mol. The van der Waals surface area contributed by atoms with Crippen molar-refractivity contribution in [3.8, 4) is 5.75 Å². The van der Waals surface area contributed by atoms with E-state index in [2.05, 4.69) is 25.6 Å². The highest BCUT2D eigenvalue weighted by Crippen LogP contribution is 2.22. The Bertz CT molecular complexity index is 1620. The molecular formula is C31H35N7O6. The van der Waals surface area contributed by atoms with E-state index < -0.39 is 47.9 Å². The lowest BCUT2D eigenvalue weighted by atomic mass is 10.0. The van der Waals surface area contributed by atoms with Crippen molar-refractivity contribution in [1.82, 2.24) is 30.5 Å². The van der Waals surface area contributed by atoms with Crippen LogP contribution in [0.1, 0.15) is 29.7 Å². The van der Waals surface area contributed by atoms with E-state index in [1.165, 1.54) is 29.6 Å². The van der Waals surface area contributed by atoms with Gasteiger partial charge in [-0.15, -0.1) is 0 Å². The fourth-order valence-corrected chi connectivity index (χ4v) is 5.56. The van der Waals surface area contributed by atoms with Gasteiger partial charge in [0.05, 0.1) is 12.4 Å². The Kier molecular flexibility index (Phi) is 9.24. The number of aromatic amines is 2. The Morgan fingerprint density at radius 2 is 1.77 bits per heavy atom. The van der Waals surface area contributed by atoms with Gasteiger partial charge < -0.3 is 41.4 Å². The maximum atomic E-state index is 14.0. The van der Waals surface area contributed by atoms with Crippen molar-refractivity contribution in [3.05, 3.63) is 84.1 Å². The van der Waals surface area contributed by atoms with Crippen molar-refractivity contribution in [2.24, 2.45) is 5.73 Å². The number of carbonyl (C=O) groups excluding carboxylic acids is 3. The maximum absolute atomic E-state index is 14.0. The summed E-state index contributed by atoms with van der Waals surface area (Å²) in [5.74, 6) is -2.76. The molecule has 4 atom stereocenters. The lowest BCUT2D eigenvalue weighted by Crippen LogP contribution is -2.57. The number of aromatic nitrogens is 3. The first kappa shape index (κ1) is 30.3. The third kappa shape index (κ3) is 7.06. The van der Waals surface area contributed by atoms with Crippen molar-refractivity contribution >= 4 is 34.6 Å². The second kappa shape index (κ2) is 13.4. The second-order valence-electron chi connectivity index (χ2n) is 11.0. The van der Waals surface area contributed by atoms with Gasteiger partial charge in [0, 0.05) is 48.4 Å². The van der Waals surface area contributed by atoms with Crippen molar-refractivity contribution < 1.29 is 29.4 Å². The quantitative estimate of drug-likeness (QED) is 0.124. The van der Waals surface area contributed by atoms with Gasteiger partial charge in [-0.3, -0.25) is 14.4 Å². The number of carbonyl (C=O) groups is 4. The largest absolute Gasteiger partial charge is 0.508 e. The summed E-state index contributed by atoms with van der Waals surface area (Å²) in [6.07, 6.45) is 5.90. The molecule has 3 amide bonds. The molecule has 3 heterocycles. The second-order valence-corrected chi connectivity index (χ2v) is 11.0. The number of phenolic OH excluding ortho intramolecular Hbond substituents is 1. The number of rotatable bonds is 12. The van der Waals surface area contributed by atoms with E-state index >= 15 is 0 Å². The van der Waals surface area contributed by atoms with Crippen LogP contribution < -0.4 is 16.4 Å². The third-order valence-electron chi connectivity index (χ3n) is 7.87. The number of imidazole rings is 1. The van der Waals surface area contributed by atoms with E-state index in [0.29, 0.717) is 24.1 Å². The van der Waals surface area contributed by atoms with Gasteiger partial charge in [0.25, 0.3) is 0 Å². The maximum Gasteiger partial charge on any atom is 0.326 e. The molecule has 0 bridgehead atoms. The number of nitrogens with zero attached hydrogens (tertiary/aromatic N) is 2. The number of amides is 3. The Morgan fingerprint density at radius 3 is 2.50 bits per heavy atom. The van der Waals surface area contributed by atoms with Gasteiger partial charge in [-0.05, 0) is 48.6 Å². The van der Waals surface area contributed by atoms with Crippen LogP contribution in [0.5, 0.6) is 5.75 Å². The number of likely N-dealkylation sites (tertiary alicyclic amines) is 1. The number of carboxylic acid groups (broad SMARTS) is 1. The van der Waals surface area contributed by atoms with Gasteiger partial charge in [0.15, 0.2) is 0 Å². The minimum Gasteiger partial charge on any atom is -0.508 e. The van der Waals surface area contributed by atoms with Crippen LogP contribution in [0.3, 0.4) is 0 Å². The summed E-state index contributed by atoms with van der Waals surface area (Å²) < 4.78 is 0. The van der Waals surface area contributed by atoms with Crippen LogP contribution >= 0.6 is 0 Å². The number of nitrogens with two attached hydrogens (primary N) is 1. The number of hydrogen-bond acceptors (Lipinski definition) is 7. The lowest BCUT2D eigenvalue weighted by molar-refractivity contribution is -0.144. The molecular weight excluding hydrogens is 566 g/mol. The smallest absolute Gasteiger partial charge is 0.326 e. The molecule has 1 aliphatic heterocycles. The Labute approximate surface area is 252 Å². The summed E-state index contributed by atoms with van der Waals surface area (Å²) in [7, 11) is 0. The first-order valence-electron chi connectivity index (χ1n) is 14.4. The molecule has 13 heteroatoms. The van der Waals surface area contributed by atoms with Crippen LogP contribution in [0, 0.1) is 0 Å². The number of benzene rings is 2. The standard InChI is InChI=1S/C31H35N7O6/c32-23(13-19-15-34-24-5-2-1-4-22(19)24)28(40)36-25(12-18-7-9-21(39)10-8-18)30(42)38-11-3-6-27(38)29(41)37-26(31(43)44)14-20-16-33-17-35-20/h1-2,4-5,7-10,15-17,23,25-27,34,39H,3,6,11-14,32H2,(H,33,35)(H,36,40)(H,37,41)(H,43,44). The number of para-hydroxylation sites is 1. The number of fused-ring (bicyclic) bond motifs is 1. The van der Waals surface area contributed by atoms with Gasteiger partial charge >= 0.3 is 5.97 Å². The molecule has 4 unspecified atom stereocenters. The molecule has 0 aliphatic carbocycles. The topological polar surface area (TPSA) is 207 Å². The number of H-pyrrole nitrogens is 2. The fraction of sp³-hybridized carbons (Fsp3) is 0.323. The summed E-state index contributed by atoms with van der Waals surface area (Å²) in [5.41, 5.74) is 9.32. The number of nitrogens with one attached hydrogen (secondary N) is 4. The summed E-state index contributed by atoms with van der Waals surface area (Å²) >= 11 is 0. The first-order chi connectivity index (χ1) is 21.2. The zero-order chi connectivity index (χ0) is 31.2. The predicted octanol–water partition coefficient (Wildman–Crippen LogP) is 0.997. The van der Waals surface area contributed by atoms with E-state index in [-0.39, 0.29) is 31.6 Å². The molecule has 0 spiro atoms. The highest BCUT2D eigenvalue weighted by molar-refractivity contribution is 5.95. The number of aliphatic carboxylic acids is 1. The summed E-state index contributed by atoms with van der Waals surface area (Å²) in [4.78, 5) is 63.8. The molecule has 2 aromatic carbocycles. The number of hydrogen-bond donors (Lipinski definition) is 7. The predicted molar refractivity (Wildman–Crippen MR) is 160 cm³/mol. The van der Waals surface area contributed by atoms with Gasteiger partial charge in [0.2, 0.25) is 17.7 Å². The normalized spacial score (nSPS) is 16.8. The van der Waals surface area contributed by atoms with E-state index in [1.54, 1.807) is 18.3 Å². The highest BCUT2D eigenvalue weighted by Gasteiger charge is 2.39. The number of aromatic hydroxyl groups is 1. The molecule has 13 nitrogen and oxygen atoms in total. The van der Waals surface area contributed by atoms with Crippen LogP contribution in [-0.2, 0) is 38.4 Å². The molecule has 0 saturated carbocycles. The van der Waals surface area contributed by atoms with Crippen molar-refractivity contribution in [2.75, 3.05) is 6.54 Å². The number of carboxylic acids is 1. The average Bonchev–Trinajstić information content (AvgIpc) is 3.79. The Hall–Kier alpha value is -5.17. The molecule has 2 aromatic heterocycles.